The summed E-state index contributed by atoms with van der Waals surface area (Å²) in [5, 5.41) is 0.516. The number of hydrogen-bond acceptors (Lipinski definition) is 2. The van der Waals surface area contributed by atoms with Gasteiger partial charge in [0.05, 0.1) is 55.8 Å². The minimum absolute atomic E-state index is 0.0260. The molecule has 0 radical (unpaired) electrons. The number of anilines is 1. The molecule has 11 rings (SSSR count). The van der Waals surface area contributed by atoms with Gasteiger partial charge >= 0.3 is 24.7 Å². The summed E-state index contributed by atoms with van der Waals surface area (Å²) in [6.07, 6.45) is -20.9. The molecule has 0 N–H and O–H groups in total. The van der Waals surface area contributed by atoms with Gasteiger partial charge in [-0.1, -0.05) is 121 Å². The average Bonchev–Trinajstić information content (AvgIpc) is 3.86. The Morgan fingerprint density at radius 2 is 0.684 bits per heavy atom. The molecule has 0 spiro atoms. The van der Waals surface area contributed by atoms with Crippen molar-refractivity contribution in [3.05, 3.63) is 228 Å². The number of carbonyl (C=O) groups is 2. The molecule has 9 aromatic carbocycles. The molecule has 1 aromatic heterocycles. The van der Waals surface area contributed by atoms with Gasteiger partial charge in [-0.2, -0.15) is 52.7 Å². The predicted octanol–water partition coefficient (Wildman–Crippen LogP) is 18.0. The summed E-state index contributed by atoms with van der Waals surface area (Å²) in [5.41, 5.74) is -4.18. The van der Waals surface area contributed by atoms with Crippen molar-refractivity contribution < 1.29 is 62.3 Å². The van der Waals surface area contributed by atoms with Crippen molar-refractivity contribution in [1.29, 1.82) is 0 Å². The minimum atomic E-state index is -5.22. The highest BCUT2D eigenvalue weighted by atomic mass is 19.4. The molecule has 378 valence electrons. The Hall–Kier alpha value is -8.92. The maximum atomic E-state index is 15.7. The van der Waals surface area contributed by atoms with Gasteiger partial charge in [0.15, 0.2) is 0 Å². The van der Waals surface area contributed by atoms with E-state index < -0.39 is 69.9 Å². The molecule has 0 unspecified atom stereocenters. The Labute approximate surface area is 423 Å². The van der Waals surface area contributed by atoms with E-state index in [1.807, 2.05) is 66.7 Å². The number of amides is 2. The normalized spacial score (nSPS) is 13.3. The van der Waals surface area contributed by atoms with Crippen LogP contribution in [0.5, 0.6) is 0 Å². The van der Waals surface area contributed by atoms with Crippen molar-refractivity contribution >= 4 is 39.3 Å². The average molecular weight is 1040 g/mol. The lowest BCUT2D eigenvalue weighted by Gasteiger charge is -2.24. The third-order valence-corrected chi connectivity index (χ3v) is 13.4. The number of alkyl halides is 12. The van der Waals surface area contributed by atoms with Crippen molar-refractivity contribution in [2.45, 2.75) is 24.7 Å². The minimum Gasteiger partial charge on any atom is -0.308 e. The highest BCUT2D eigenvalue weighted by Gasteiger charge is 2.43. The summed E-state index contributed by atoms with van der Waals surface area (Å²) >= 11 is 0. The predicted molar refractivity (Wildman–Crippen MR) is 266 cm³/mol. The second-order valence-corrected chi connectivity index (χ2v) is 18.1. The Balaban J connectivity index is 1.19. The molecule has 2 heterocycles. The molecule has 0 saturated carbocycles. The van der Waals surface area contributed by atoms with Crippen LogP contribution in [0.25, 0.3) is 83.1 Å². The molecule has 0 fully saturated rings. The number of imide groups is 1. The fourth-order valence-electron chi connectivity index (χ4n) is 9.89. The fraction of sp³-hybridized carbons (Fsp3) is 0.0667. The third kappa shape index (κ3) is 8.72. The summed E-state index contributed by atoms with van der Waals surface area (Å²) in [7, 11) is 0. The summed E-state index contributed by atoms with van der Waals surface area (Å²) in [6.45, 7) is 0. The van der Waals surface area contributed by atoms with E-state index in [4.69, 9.17) is 0 Å². The van der Waals surface area contributed by atoms with Gasteiger partial charge in [0.25, 0.3) is 11.8 Å². The molecule has 0 atom stereocenters. The molecule has 2 amide bonds. The third-order valence-electron chi connectivity index (χ3n) is 13.4. The van der Waals surface area contributed by atoms with E-state index in [1.165, 1.54) is 59.2 Å². The van der Waals surface area contributed by atoms with Gasteiger partial charge in [0.2, 0.25) is 0 Å². The Bertz CT molecular complexity index is 3710. The van der Waals surface area contributed by atoms with Crippen LogP contribution in [0.15, 0.2) is 194 Å². The Kier molecular flexibility index (Phi) is 11.6. The van der Waals surface area contributed by atoms with Crippen molar-refractivity contribution in [2.75, 3.05) is 4.90 Å². The zero-order chi connectivity index (χ0) is 53.6. The highest BCUT2D eigenvalue weighted by Crippen LogP contribution is 2.49. The van der Waals surface area contributed by atoms with Gasteiger partial charge in [-0.25, -0.2) is 4.90 Å². The smallest absolute Gasteiger partial charge is 0.308 e. The van der Waals surface area contributed by atoms with Crippen LogP contribution in [0.4, 0.5) is 58.4 Å². The van der Waals surface area contributed by atoms with Crippen LogP contribution >= 0.6 is 0 Å². The number of carbonyl (C=O) groups excluding carboxylic acids is 2. The molecule has 76 heavy (non-hydrogen) atoms. The molecule has 0 bridgehead atoms. The molecule has 0 saturated heterocycles. The molecule has 1 aliphatic rings. The molecule has 1 aliphatic heterocycles. The van der Waals surface area contributed by atoms with Crippen LogP contribution in [0, 0.1) is 0 Å². The highest BCUT2D eigenvalue weighted by molar-refractivity contribution is 6.37. The molecular formula is C60H32F12N2O2. The molecule has 10 aromatic rings. The quantitative estimate of drug-likeness (QED) is 0.118. The fourth-order valence-corrected chi connectivity index (χ4v) is 9.89. The van der Waals surface area contributed by atoms with Crippen molar-refractivity contribution in [3.63, 3.8) is 0 Å². The van der Waals surface area contributed by atoms with E-state index >= 15 is 9.59 Å². The summed E-state index contributed by atoms with van der Waals surface area (Å²) in [4.78, 5) is 32.0. The Morgan fingerprint density at radius 1 is 0.303 bits per heavy atom. The second-order valence-electron chi connectivity index (χ2n) is 18.1. The van der Waals surface area contributed by atoms with E-state index in [1.54, 1.807) is 36.4 Å². The summed E-state index contributed by atoms with van der Waals surface area (Å²) in [6, 6.07) is 45.2. The zero-order valence-corrected chi connectivity index (χ0v) is 38.7. The lowest BCUT2D eigenvalue weighted by atomic mass is 9.90. The lowest BCUT2D eigenvalue weighted by molar-refractivity contribution is -0.144. The van der Waals surface area contributed by atoms with E-state index in [9.17, 15) is 52.7 Å². The van der Waals surface area contributed by atoms with E-state index in [0.717, 1.165) is 16.0 Å². The van der Waals surface area contributed by atoms with Crippen LogP contribution in [-0.2, 0) is 24.7 Å². The zero-order valence-electron chi connectivity index (χ0n) is 38.7. The van der Waals surface area contributed by atoms with Crippen molar-refractivity contribution in [2.24, 2.45) is 0 Å². The lowest BCUT2D eigenvalue weighted by Crippen LogP contribution is -2.30. The number of hydrogen-bond donors (Lipinski definition) is 0. The maximum Gasteiger partial charge on any atom is 0.416 e. The standard InChI is InChI=1S/C60H32F12N2O2/c61-57(62,63)41-23-38(24-42(31-41)58(64,65)66)36-19-21-45-46-22-20-37(39-25-43(59(67,68)69)32-44(26-39)60(70,71)72)30-52(46)73(51(45)29-36)50-18-10-17-47-53(50)56(76)74(55(47)75)54-48(34-13-6-2-7-14-34)27-40(33-11-4-1-5-12-33)28-49(54)35-15-8-3-9-16-35/h1-32H. The van der Waals surface area contributed by atoms with Gasteiger partial charge in [-0.3, -0.25) is 9.59 Å². The number of nitrogens with zero attached hydrogens (tertiary/aromatic N) is 2. The monoisotopic (exact) mass is 1040 g/mol. The number of benzene rings is 9. The van der Waals surface area contributed by atoms with Gasteiger partial charge in [-0.15, -0.1) is 0 Å². The first-order valence-corrected chi connectivity index (χ1v) is 23.1. The summed E-state index contributed by atoms with van der Waals surface area (Å²) in [5.74, 6) is -1.64. The first kappa shape index (κ1) is 49.3. The van der Waals surface area contributed by atoms with Crippen LogP contribution in [0.2, 0.25) is 0 Å². The summed E-state index contributed by atoms with van der Waals surface area (Å²) < 4.78 is 172. The van der Waals surface area contributed by atoms with E-state index in [2.05, 4.69) is 0 Å². The number of halogens is 12. The number of fused-ring (bicyclic) bond motifs is 4. The topological polar surface area (TPSA) is 42.3 Å². The van der Waals surface area contributed by atoms with Gasteiger partial charge in [0, 0.05) is 21.9 Å². The van der Waals surface area contributed by atoms with Gasteiger partial charge in [-0.05, 0) is 117 Å². The Morgan fingerprint density at radius 3 is 1.08 bits per heavy atom. The number of aromatic nitrogens is 1. The van der Waals surface area contributed by atoms with Crippen LogP contribution < -0.4 is 4.90 Å². The maximum absolute atomic E-state index is 15.7. The van der Waals surface area contributed by atoms with Crippen molar-refractivity contribution in [3.8, 4) is 61.3 Å². The van der Waals surface area contributed by atoms with Crippen LogP contribution in [0.3, 0.4) is 0 Å². The van der Waals surface area contributed by atoms with Crippen LogP contribution in [0.1, 0.15) is 43.0 Å². The van der Waals surface area contributed by atoms with E-state index in [0.29, 0.717) is 46.5 Å². The molecular weight excluding hydrogens is 1010 g/mol. The SMILES string of the molecule is O=C1c2cccc(-n3c4cc(-c5cc(C(F)(F)F)cc(C(F)(F)F)c5)ccc4c4ccc(-c5cc(C(F)(F)F)cc(C(F)(F)F)c5)cc43)c2C(=O)N1c1c(-c2ccccc2)cc(-c2ccccc2)cc1-c1ccccc1. The largest absolute Gasteiger partial charge is 0.416 e. The second kappa shape index (κ2) is 17.9. The van der Waals surface area contributed by atoms with Crippen molar-refractivity contribution in [1.82, 2.24) is 4.57 Å². The van der Waals surface area contributed by atoms with Crippen LogP contribution in [-0.4, -0.2) is 16.4 Å². The molecule has 4 nitrogen and oxygen atoms in total. The molecule has 16 heteroatoms. The van der Waals surface area contributed by atoms with Gasteiger partial charge < -0.3 is 4.57 Å². The van der Waals surface area contributed by atoms with Gasteiger partial charge in [0.1, 0.15) is 0 Å². The molecule has 0 aliphatic carbocycles. The number of rotatable bonds is 7. The first-order valence-electron chi connectivity index (χ1n) is 23.1. The first-order chi connectivity index (χ1) is 36.0. The van der Waals surface area contributed by atoms with E-state index in [-0.39, 0.29) is 67.6 Å².